The number of nitrogens with zero attached hydrogens (tertiary/aromatic N) is 2. The van der Waals surface area contributed by atoms with E-state index in [0.29, 0.717) is 6.54 Å². The number of rotatable bonds is 3. The van der Waals surface area contributed by atoms with Crippen LogP contribution in [0, 0.1) is 13.8 Å². The first-order valence-corrected chi connectivity index (χ1v) is 5.25. The summed E-state index contributed by atoms with van der Waals surface area (Å²) in [6.45, 7) is 4.29. The lowest BCUT2D eigenvalue weighted by atomic mass is 10.0. The van der Waals surface area contributed by atoms with Gasteiger partial charge < -0.3 is 0 Å². The van der Waals surface area contributed by atoms with Crippen LogP contribution in [-0.2, 0) is 6.54 Å². The van der Waals surface area contributed by atoms with Crippen LogP contribution in [0.5, 0.6) is 0 Å². The Kier molecular flexibility index (Phi) is 2.86. The van der Waals surface area contributed by atoms with Crippen molar-refractivity contribution >= 4 is 5.78 Å². The molecule has 0 aliphatic carbocycles. The second kappa shape index (κ2) is 4.31. The van der Waals surface area contributed by atoms with Crippen molar-refractivity contribution in [2.24, 2.45) is 0 Å². The Morgan fingerprint density at radius 1 is 1.38 bits per heavy atom. The molecule has 3 nitrogen and oxygen atoms in total. The first kappa shape index (κ1) is 10.6. The van der Waals surface area contributed by atoms with Gasteiger partial charge in [-0.2, -0.15) is 5.10 Å². The maximum atomic E-state index is 12.0. The second-order valence-corrected chi connectivity index (χ2v) is 3.95. The Morgan fingerprint density at radius 2 is 2.19 bits per heavy atom. The predicted molar refractivity (Wildman–Crippen MR) is 62.5 cm³/mol. The van der Waals surface area contributed by atoms with Crippen molar-refractivity contribution < 1.29 is 4.79 Å². The summed E-state index contributed by atoms with van der Waals surface area (Å²) in [6, 6.07) is 7.69. The molecular weight excluding hydrogens is 200 g/mol. The third-order valence-electron chi connectivity index (χ3n) is 2.55. The lowest BCUT2D eigenvalue weighted by Crippen LogP contribution is -2.12. The van der Waals surface area contributed by atoms with Crippen LogP contribution < -0.4 is 0 Å². The summed E-state index contributed by atoms with van der Waals surface area (Å²) in [5.41, 5.74) is 2.98. The molecule has 0 spiro atoms. The van der Waals surface area contributed by atoms with Gasteiger partial charge in [-0.1, -0.05) is 23.8 Å². The molecule has 2 aromatic rings. The average Bonchev–Trinajstić information content (AvgIpc) is 2.70. The minimum atomic E-state index is 0.0983. The fourth-order valence-electron chi connectivity index (χ4n) is 1.75. The monoisotopic (exact) mass is 214 g/mol. The molecule has 0 saturated heterocycles. The zero-order valence-electron chi connectivity index (χ0n) is 9.47. The molecule has 1 heterocycles. The highest BCUT2D eigenvalue weighted by Gasteiger charge is 2.09. The zero-order chi connectivity index (χ0) is 11.5. The Balaban J connectivity index is 2.21. The highest BCUT2D eigenvalue weighted by Crippen LogP contribution is 2.11. The van der Waals surface area contributed by atoms with Gasteiger partial charge in [0, 0.05) is 18.0 Å². The van der Waals surface area contributed by atoms with Crippen molar-refractivity contribution in [1.29, 1.82) is 0 Å². The Hall–Kier alpha value is -1.90. The van der Waals surface area contributed by atoms with Gasteiger partial charge in [0.05, 0.1) is 0 Å². The maximum absolute atomic E-state index is 12.0. The number of hydrogen-bond donors (Lipinski definition) is 0. The van der Waals surface area contributed by atoms with Crippen LogP contribution in [0.1, 0.15) is 21.5 Å². The van der Waals surface area contributed by atoms with Crippen LogP contribution in [0.15, 0.2) is 36.7 Å². The summed E-state index contributed by atoms with van der Waals surface area (Å²) < 4.78 is 1.64. The molecule has 82 valence electrons. The summed E-state index contributed by atoms with van der Waals surface area (Å²) in [7, 11) is 0. The minimum absolute atomic E-state index is 0.0983. The highest BCUT2D eigenvalue weighted by molar-refractivity contribution is 5.97. The van der Waals surface area contributed by atoms with Crippen molar-refractivity contribution in [2.45, 2.75) is 20.4 Å². The summed E-state index contributed by atoms with van der Waals surface area (Å²) in [5.74, 6) is 0.0983. The quantitative estimate of drug-likeness (QED) is 0.735. The van der Waals surface area contributed by atoms with Crippen LogP contribution in [0.25, 0.3) is 0 Å². The molecule has 0 saturated carbocycles. The van der Waals surface area contributed by atoms with Crippen LogP contribution in [0.3, 0.4) is 0 Å². The largest absolute Gasteiger partial charge is 0.292 e. The molecule has 0 aliphatic rings. The molecule has 0 amide bonds. The Bertz CT molecular complexity index is 501. The molecule has 16 heavy (non-hydrogen) atoms. The van der Waals surface area contributed by atoms with E-state index in [2.05, 4.69) is 5.10 Å². The molecule has 0 bridgehead atoms. The average molecular weight is 214 g/mol. The van der Waals surface area contributed by atoms with E-state index in [9.17, 15) is 4.79 Å². The molecule has 1 aromatic heterocycles. The number of ketones is 1. The fourth-order valence-corrected chi connectivity index (χ4v) is 1.75. The SMILES string of the molecule is Cc1ccc(C(=O)Cn2cccn2)c(C)c1. The molecule has 0 fully saturated rings. The van der Waals surface area contributed by atoms with Crippen molar-refractivity contribution in [1.82, 2.24) is 9.78 Å². The topological polar surface area (TPSA) is 34.9 Å². The number of carbonyl (C=O) groups is 1. The van der Waals surface area contributed by atoms with Gasteiger partial charge in [0.15, 0.2) is 5.78 Å². The number of aromatic nitrogens is 2. The molecule has 2 rings (SSSR count). The predicted octanol–water partition coefficient (Wildman–Crippen LogP) is 2.38. The van der Waals surface area contributed by atoms with E-state index < -0.39 is 0 Å². The second-order valence-electron chi connectivity index (χ2n) is 3.95. The lowest BCUT2D eigenvalue weighted by Gasteiger charge is -2.06. The van der Waals surface area contributed by atoms with E-state index >= 15 is 0 Å². The van der Waals surface area contributed by atoms with E-state index in [1.54, 1.807) is 17.1 Å². The van der Waals surface area contributed by atoms with E-state index in [1.807, 2.05) is 38.1 Å². The third-order valence-corrected chi connectivity index (χ3v) is 2.55. The smallest absolute Gasteiger partial charge is 0.184 e. The van der Waals surface area contributed by atoms with E-state index in [4.69, 9.17) is 0 Å². The molecule has 0 unspecified atom stereocenters. The van der Waals surface area contributed by atoms with Gasteiger partial charge >= 0.3 is 0 Å². The highest BCUT2D eigenvalue weighted by atomic mass is 16.1. The molecule has 3 heteroatoms. The number of carbonyl (C=O) groups excluding carboxylic acids is 1. The van der Waals surface area contributed by atoms with Crippen molar-refractivity contribution in [3.63, 3.8) is 0 Å². The van der Waals surface area contributed by atoms with Gasteiger partial charge in [0.2, 0.25) is 0 Å². The number of benzene rings is 1. The Labute approximate surface area is 94.7 Å². The third kappa shape index (κ3) is 2.19. The van der Waals surface area contributed by atoms with E-state index in [0.717, 1.165) is 11.1 Å². The minimum Gasteiger partial charge on any atom is -0.292 e. The fraction of sp³-hybridized carbons (Fsp3) is 0.231. The van der Waals surface area contributed by atoms with Gasteiger partial charge in [0.25, 0.3) is 0 Å². The van der Waals surface area contributed by atoms with Crippen LogP contribution in [0.2, 0.25) is 0 Å². The lowest BCUT2D eigenvalue weighted by molar-refractivity contribution is 0.0967. The summed E-state index contributed by atoms with van der Waals surface area (Å²) in [5, 5.41) is 4.02. The van der Waals surface area contributed by atoms with E-state index in [1.165, 1.54) is 5.56 Å². The maximum Gasteiger partial charge on any atom is 0.184 e. The molecule has 0 N–H and O–H groups in total. The molecule has 0 atom stereocenters. The first-order chi connectivity index (χ1) is 7.66. The van der Waals surface area contributed by atoms with Gasteiger partial charge in [0.1, 0.15) is 6.54 Å². The van der Waals surface area contributed by atoms with Crippen LogP contribution in [-0.4, -0.2) is 15.6 Å². The van der Waals surface area contributed by atoms with Crippen molar-refractivity contribution in [3.8, 4) is 0 Å². The standard InChI is InChI=1S/C13H14N2O/c1-10-4-5-12(11(2)8-10)13(16)9-15-7-3-6-14-15/h3-8H,9H2,1-2H3. The molecule has 0 radical (unpaired) electrons. The summed E-state index contributed by atoms with van der Waals surface area (Å²) >= 11 is 0. The van der Waals surface area contributed by atoms with Gasteiger partial charge in [-0.05, 0) is 25.5 Å². The normalized spacial score (nSPS) is 10.4. The Morgan fingerprint density at radius 3 is 2.81 bits per heavy atom. The molecule has 1 aromatic carbocycles. The van der Waals surface area contributed by atoms with Gasteiger partial charge in [-0.3, -0.25) is 9.48 Å². The van der Waals surface area contributed by atoms with Gasteiger partial charge in [-0.25, -0.2) is 0 Å². The number of Topliss-reactive ketones (excluding diaryl/α,β-unsaturated/α-hetero) is 1. The van der Waals surface area contributed by atoms with E-state index in [-0.39, 0.29) is 5.78 Å². The van der Waals surface area contributed by atoms with Crippen molar-refractivity contribution in [2.75, 3.05) is 0 Å². The van der Waals surface area contributed by atoms with Crippen LogP contribution >= 0.6 is 0 Å². The first-order valence-electron chi connectivity index (χ1n) is 5.25. The summed E-state index contributed by atoms with van der Waals surface area (Å²) in [4.78, 5) is 12.0. The molecular formula is C13H14N2O. The number of aryl methyl sites for hydroxylation is 2. The summed E-state index contributed by atoms with van der Waals surface area (Å²) in [6.07, 6.45) is 3.47. The van der Waals surface area contributed by atoms with Gasteiger partial charge in [-0.15, -0.1) is 0 Å². The number of hydrogen-bond acceptors (Lipinski definition) is 2. The van der Waals surface area contributed by atoms with Crippen LogP contribution in [0.4, 0.5) is 0 Å². The van der Waals surface area contributed by atoms with Crippen molar-refractivity contribution in [3.05, 3.63) is 53.3 Å². The zero-order valence-corrected chi connectivity index (χ0v) is 9.47. The molecule has 0 aliphatic heterocycles.